The lowest BCUT2D eigenvalue weighted by molar-refractivity contribution is -0.115. The maximum atomic E-state index is 12.9. The van der Waals surface area contributed by atoms with E-state index in [9.17, 15) is 14.4 Å². The van der Waals surface area contributed by atoms with Gasteiger partial charge in [-0.15, -0.1) is 0 Å². The summed E-state index contributed by atoms with van der Waals surface area (Å²) in [4.78, 5) is 45.0. The van der Waals surface area contributed by atoms with Crippen molar-refractivity contribution in [1.82, 2.24) is 9.97 Å². The van der Waals surface area contributed by atoms with Crippen LogP contribution in [0.1, 0.15) is 21.5 Å². The lowest BCUT2D eigenvalue weighted by Crippen LogP contribution is -2.23. The lowest BCUT2D eigenvalue weighted by atomic mass is 10.0. The van der Waals surface area contributed by atoms with Crippen molar-refractivity contribution in [2.45, 2.75) is 6.42 Å². The number of aromatic amines is 1. The van der Waals surface area contributed by atoms with Crippen LogP contribution in [-0.4, -0.2) is 21.7 Å². The number of hydrogen-bond acceptors (Lipinski definition) is 4. The molecular weight excluding hydrogens is 461 g/mol. The van der Waals surface area contributed by atoms with Crippen LogP contribution in [0, 0.1) is 0 Å². The second-order valence-electron chi connectivity index (χ2n) is 7.20. The van der Waals surface area contributed by atoms with E-state index in [0.717, 1.165) is 0 Å². The molecule has 164 valence electrons. The highest BCUT2D eigenvalue weighted by atomic mass is 35.5. The Labute approximate surface area is 199 Å². The van der Waals surface area contributed by atoms with E-state index in [4.69, 9.17) is 23.2 Å². The van der Waals surface area contributed by atoms with Gasteiger partial charge in [-0.25, -0.2) is 4.98 Å². The molecule has 4 aromatic rings. The fourth-order valence-electron chi connectivity index (χ4n) is 3.23. The molecule has 33 heavy (non-hydrogen) atoms. The number of carbonyl (C=O) groups is 2. The summed E-state index contributed by atoms with van der Waals surface area (Å²) in [5.74, 6) is -0.375. The smallest absolute Gasteiger partial charge is 0.254 e. The summed E-state index contributed by atoms with van der Waals surface area (Å²) in [6, 6.07) is 20.2. The van der Waals surface area contributed by atoms with Gasteiger partial charge in [0.05, 0.1) is 12.1 Å². The van der Waals surface area contributed by atoms with Gasteiger partial charge in [-0.05, 0) is 42.5 Å². The first kappa shape index (κ1) is 22.5. The molecule has 0 aliphatic carbocycles. The monoisotopic (exact) mass is 477 g/mol. The topological polar surface area (TPSA) is 91.9 Å². The molecule has 2 N–H and O–H groups in total. The molecule has 3 aromatic carbocycles. The second-order valence-corrected chi connectivity index (χ2v) is 8.08. The zero-order valence-corrected chi connectivity index (χ0v) is 18.7. The predicted octanol–water partition coefficient (Wildman–Crippen LogP) is 5.16. The number of nitrogens with zero attached hydrogens (tertiary/aromatic N) is 1. The second kappa shape index (κ2) is 9.81. The number of benzene rings is 3. The number of amides is 1. The molecule has 0 fully saturated rings. The first-order valence-electron chi connectivity index (χ1n) is 9.94. The van der Waals surface area contributed by atoms with E-state index in [1.807, 2.05) is 0 Å². The van der Waals surface area contributed by atoms with Crippen molar-refractivity contribution in [2.24, 2.45) is 0 Å². The molecule has 4 rings (SSSR count). The maximum Gasteiger partial charge on any atom is 0.254 e. The Bertz CT molecular complexity index is 1380. The van der Waals surface area contributed by atoms with Gasteiger partial charge in [-0.2, -0.15) is 0 Å². The molecule has 0 saturated carbocycles. The number of hydrogen-bond donors (Lipinski definition) is 2. The molecule has 0 atom stereocenters. The third kappa shape index (κ3) is 5.37. The summed E-state index contributed by atoms with van der Waals surface area (Å²) in [5.41, 5.74) is 1.48. The van der Waals surface area contributed by atoms with Crippen molar-refractivity contribution in [1.29, 1.82) is 0 Å². The number of carbonyl (C=O) groups excluding carboxylic acids is 2. The van der Waals surface area contributed by atoms with Crippen LogP contribution in [0.3, 0.4) is 0 Å². The van der Waals surface area contributed by atoms with Gasteiger partial charge in [0.2, 0.25) is 5.91 Å². The lowest BCUT2D eigenvalue weighted by Gasteiger charge is -2.11. The zero-order valence-electron chi connectivity index (χ0n) is 17.1. The molecule has 0 aliphatic rings. The van der Waals surface area contributed by atoms with E-state index in [2.05, 4.69) is 15.3 Å². The van der Waals surface area contributed by atoms with Gasteiger partial charge in [-0.3, -0.25) is 14.4 Å². The highest BCUT2D eigenvalue weighted by molar-refractivity contribution is 6.31. The Hall–Kier alpha value is -3.74. The summed E-state index contributed by atoms with van der Waals surface area (Å²) in [7, 11) is 0. The molecule has 6 nitrogen and oxygen atoms in total. The molecule has 0 spiro atoms. The van der Waals surface area contributed by atoms with E-state index in [-0.39, 0.29) is 23.3 Å². The molecule has 0 radical (unpaired) electrons. The highest BCUT2D eigenvalue weighted by Crippen LogP contribution is 2.24. The number of ketones is 1. The Morgan fingerprint density at radius 3 is 2.30 bits per heavy atom. The van der Waals surface area contributed by atoms with E-state index < -0.39 is 11.5 Å². The van der Waals surface area contributed by atoms with Crippen LogP contribution in [0.25, 0.3) is 11.4 Å². The van der Waals surface area contributed by atoms with Crippen molar-refractivity contribution >= 4 is 40.6 Å². The number of rotatable bonds is 6. The largest absolute Gasteiger partial charge is 0.325 e. The Kier molecular flexibility index (Phi) is 6.68. The predicted molar refractivity (Wildman–Crippen MR) is 129 cm³/mol. The van der Waals surface area contributed by atoms with E-state index in [1.54, 1.807) is 66.7 Å². The minimum Gasteiger partial charge on any atom is -0.325 e. The van der Waals surface area contributed by atoms with Gasteiger partial charge in [0.1, 0.15) is 5.82 Å². The van der Waals surface area contributed by atoms with Crippen LogP contribution >= 0.6 is 23.2 Å². The van der Waals surface area contributed by atoms with Crippen LogP contribution < -0.4 is 10.9 Å². The highest BCUT2D eigenvalue weighted by Gasteiger charge is 2.17. The molecule has 0 unspecified atom stereocenters. The number of aromatic nitrogens is 2. The van der Waals surface area contributed by atoms with Crippen molar-refractivity contribution < 1.29 is 9.59 Å². The third-order valence-electron chi connectivity index (χ3n) is 4.88. The van der Waals surface area contributed by atoms with Crippen molar-refractivity contribution in [2.75, 3.05) is 5.32 Å². The van der Waals surface area contributed by atoms with Crippen LogP contribution in [0.5, 0.6) is 0 Å². The molecule has 1 heterocycles. The molecule has 0 saturated heterocycles. The molecular formula is C25H17Cl2N3O3. The summed E-state index contributed by atoms with van der Waals surface area (Å²) >= 11 is 12.0. The average Bonchev–Trinajstić information content (AvgIpc) is 2.82. The minimum absolute atomic E-state index is 0.190. The Morgan fingerprint density at radius 2 is 1.61 bits per heavy atom. The number of nitrogens with one attached hydrogen (secondary N) is 2. The van der Waals surface area contributed by atoms with Gasteiger partial charge >= 0.3 is 0 Å². The normalized spacial score (nSPS) is 10.6. The van der Waals surface area contributed by atoms with Crippen LogP contribution in [0.15, 0.2) is 83.8 Å². The quantitative estimate of drug-likeness (QED) is 0.375. The molecule has 0 bridgehead atoms. The van der Waals surface area contributed by atoms with Crippen LogP contribution in [0.2, 0.25) is 10.0 Å². The average molecular weight is 478 g/mol. The first-order chi connectivity index (χ1) is 15.9. The van der Waals surface area contributed by atoms with E-state index in [0.29, 0.717) is 32.7 Å². The Morgan fingerprint density at radius 1 is 0.909 bits per heavy atom. The SMILES string of the molecule is O=C(Cc1cnc(-c2ccc(Cl)cc2)[nH]c1=O)Nc1ccc(Cl)cc1C(=O)c1ccccc1. The summed E-state index contributed by atoms with van der Waals surface area (Å²) in [6.45, 7) is 0. The van der Waals surface area contributed by atoms with Gasteiger partial charge in [0.25, 0.3) is 5.56 Å². The van der Waals surface area contributed by atoms with Crippen molar-refractivity contribution in [3.63, 3.8) is 0 Å². The van der Waals surface area contributed by atoms with Gasteiger partial charge in [-0.1, -0.05) is 53.5 Å². The molecule has 8 heteroatoms. The minimum atomic E-state index is -0.467. The van der Waals surface area contributed by atoms with Gasteiger partial charge in [0, 0.05) is 38.5 Å². The van der Waals surface area contributed by atoms with E-state index in [1.165, 1.54) is 12.3 Å². The maximum absolute atomic E-state index is 12.9. The molecule has 0 aliphatic heterocycles. The van der Waals surface area contributed by atoms with Crippen LogP contribution in [0.4, 0.5) is 5.69 Å². The number of anilines is 1. The van der Waals surface area contributed by atoms with Crippen molar-refractivity contribution in [3.05, 3.63) is 116 Å². The summed E-state index contributed by atoms with van der Waals surface area (Å²) in [5, 5.41) is 3.64. The van der Waals surface area contributed by atoms with Gasteiger partial charge < -0.3 is 10.3 Å². The third-order valence-corrected chi connectivity index (χ3v) is 5.37. The van der Waals surface area contributed by atoms with Crippen molar-refractivity contribution in [3.8, 4) is 11.4 Å². The Balaban J connectivity index is 1.53. The number of halogens is 2. The van der Waals surface area contributed by atoms with E-state index >= 15 is 0 Å². The fourth-order valence-corrected chi connectivity index (χ4v) is 3.53. The summed E-state index contributed by atoms with van der Waals surface area (Å²) in [6.07, 6.45) is 1.14. The summed E-state index contributed by atoms with van der Waals surface area (Å²) < 4.78 is 0. The zero-order chi connectivity index (χ0) is 23.4. The molecule has 1 amide bonds. The molecule has 1 aromatic heterocycles. The standard InChI is InChI=1S/C25H17Cl2N3O3/c26-18-8-6-16(7-9-18)24-28-14-17(25(33)30-24)12-22(31)29-21-11-10-19(27)13-20(21)23(32)15-4-2-1-3-5-15/h1-11,13-14H,12H2,(H,29,31)(H,28,30,33). The first-order valence-corrected chi connectivity index (χ1v) is 10.7. The van der Waals surface area contributed by atoms with Crippen LogP contribution in [-0.2, 0) is 11.2 Å². The number of H-pyrrole nitrogens is 1. The fraction of sp³-hybridized carbons (Fsp3) is 0.0400. The van der Waals surface area contributed by atoms with Gasteiger partial charge in [0.15, 0.2) is 5.78 Å².